The van der Waals surface area contributed by atoms with Gasteiger partial charge in [0.05, 0.1) is 12.1 Å². The molecular formula is C13H18N2O3. The number of carbonyl (C=O) groups excluding carboxylic acids is 1. The Morgan fingerprint density at radius 1 is 1.50 bits per heavy atom. The summed E-state index contributed by atoms with van der Waals surface area (Å²) < 4.78 is 0. The number of nitrogens with one attached hydrogen (secondary N) is 1. The summed E-state index contributed by atoms with van der Waals surface area (Å²) in [6.07, 6.45) is 2.04. The van der Waals surface area contributed by atoms with E-state index in [1.165, 1.54) is 6.92 Å². The van der Waals surface area contributed by atoms with Crippen LogP contribution in [0.3, 0.4) is 0 Å². The molecule has 0 aliphatic rings. The van der Waals surface area contributed by atoms with E-state index in [1.54, 1.807) is 19.2 Å². The van der Waals surface area contributed by atoms with Crippen molar-refractivity contribution in [2.45, 2.75) is 39.2 Å². The van der Waals surface area contributed by atoms with Gasteiger partial charge in [0.15, 0.2) is 0 Å². The fourth-order valence-electron chi connectivity index (χ4n) is 1.50. The third kappa shape index (κ3) is 3.29. The monoisotopic (exact) mass is 250 g/mol. The molecule has 5 nitrogen and oxygen atoms in total. The molecule has 0 spiro atoms. The van der Waals surface area contributed by atoms with Gasteiger partial charge in [0, 0.05) is 6.20 Å². The van der Waals surface area contributed by atoms with Crippen LogP contribution in [0.4, 0.5) is 0 Å². The minimum Gasteiger partial charge on any atom is -0.480 e. The van der Waals surface area contributed by atoms with Crippen LogP contribution in [0, 0.1) is 6.92 Å². The Balaban J connectivity index is 2.73. The van der Waals surface area contributed by atoms with E-state index >= 15 is 0 Å². The zero-order valence-corrected chi connectivity index (χ0v) is 10.9. The minimum absolute atomic E-state index is 0.0928. The lowest BCUT2D eigenvalue weighted by molar-refractivity contribution is -0.146. The van der Waals surface area contributed by atoms with E-state index in [4.69, 9.17) is 5.11 Å². The first-order valence-electron chi connectivity index (χ1n) is 5.84. The predicted octanol–water partition coefficient (Wildman–Crippen LogP) is 1.30. The topological polar surface area (TPSA) is 79.3 Å². The zero-order valence-electron chi connectivity index (χ0n) is 10.9. The van der Waals surface area contributed by atoms with Crippen molar-refractivity contribution in [3.63, 3.8) is 0 Å². The molecule has 0 aliphatic carbocycles. The van der Waals surface area contributed by atoms with Crippen LogP contribution in [-0.2, 0) is 16.0 Å². The van der Waals surface area contributed by atoms with E-state index in [2.05, 4.69) is 10.3 Å². The number of carbonyl (C=O) groups is 2. The Morgan fingerprint density at radius 3 is 2.67 bits per heavy atom. The number of hydrogen-bond donors (Lipinski definition) is 2. The van der Waals surface area contributed by atoms with E-state index in [0.717, 1.165) is 5.56 Å². The molecule has 0 fully saturated rings. The number of pyridine rings is 1. The molecule has 18 heavy (non-hydrogen) atoms. The molecule has 0 radical (unpaired) electrons. The summed E-state index contributed by atoms with van der Waals surface area (Å²) in [7, 11) is 0. The molecule has 1 unspecified atom stereocenters. The molecular weight excluding hydrogens is 232 g/mol. The summed E-state index contributed by atoms with van der Waals surface area (Å²) in [5.41, 5.74) is 0.361. The summed E-state index contributed by atoms with van der Waals surface area (Å²) in [5.74, 6) is -1.36. The van der Waals surface area contributed by atoms with Gasteiger partial charge in [-0.3, -0.25) is 9.78 Å². The Bertz CT molecular complexity index is 459. The first kappa shape index (κ1) is 14.2. The molecule has 1 atom stereocenters. The lowest BCUT2D eigenvalue weighted by Gasteiger charge is -2.24. The maximum absolute atomic E-state index is 11.8. The molecule has 0 aliphatic heterocycles. The molecule has 2 N–H and O–H groups in total. The molecule has 0 saturated carbocycles. The molecule has 1 aromatic rings. The van der Waals surface area contributed by atoms with Gasteiger partial charge in [-0.05, 0) is 31.9 Å². The third-order valence-corrected chi connectivity index (χ3v) is 3.04. The number of aromatic nitrogens is 1. The number of rotatable bonds is 5. The van der Waals surface area contributed by atoms with Gasteiger partial charge in [-0.25, -0.2) is 4.79 Å². The number of nitrogens with zero attached hydrogens (tertiary/aromatic N) is 1. The lowest BCUT2D eigenvalue weighted by atomic mass is 9.98. The van der Waals surface area contributed by atoms with Crippen LogP contribution in [0.2, 0.25) is 0 Å². The number of hydrogen-bond acceptors (Lipinski definition) is 3. The van der Waals surface area contributed by atoms with E-state index in [1.807, 2.05) is 13.0 Å². The van der Waals surface area contributed by atoms with Gasteiger partial charge in [0.1, 0.15) is 5.54 Å². The van der Waals surface area contributed by atoms with Gasteiger partial charge in [0.2, 0.25) is 5.91 Å². The molecule has 0 aromatic carbocycles. The fourth-order valence-corrected chi connectivity index (χ4v) is 1.50. The van der Waals surface area contributed by atoms with Crippen molar-refractivity contribution in [2.24, 2.45) is 0 Å². The fraction of sp³-hybridized carbons (Fsp3) is 0.462. The zero-order chi connectivity index (χ0) is 13.8. The van der Waals surface area contributed by atoms with Crippen LogP contribution in [-0.4, -0.2) is 27.5 Å². The number of amides is 1. The van der Waals surface area contributed by atoms with Crippen LogP contribution < -0.4 is 5.32 Å². The summed E-state index contributed by atoms with van der Waals surface area (Å²) >= 11 is 0. The Hall–Kier alpha value is -1.91. The number of aryl methyl sites for hydroxylation is 1. The first-order valence-corrected chi connectivity index (χ1v) is 5.84. The SMILES string of the molecule is CCC(C)(NC(=O)Cc1ncccc1C)C(=O)O. The van der Waals surface area contributed by atoms with Crippen molar-refractivity contribution in [3.05, 3.63) is 29.6 Å². The highest BCUT2D eigenvalue weighted by Gasteiger charge is 2.32. The largest absolute Gasteiger partial charge is 0.480 e. The average Bonchev–Trinajstić information content (AvgIpc) is 2.31. The van der Waals surface area contributed by atoms with Crippen LogP contribution in [0.5, 0.6) is 0 Å². The number of aliphatic carboxylic acids is 1. The summed E-state index contributed by atoms with van der Waals surface area (Å²) in [6.45, 7) is 5.09. The van der Waals surface area contributed by atoms with Crippen molar-refractivity contribution in [1.82, 2.24) is 10.3 Å². The molecule has 5 heteroatoms. The Kier molecular flexibility index (Phi) is 4.42. The second-order valence-corrected chi connectivity index (χ2v) is 4.48. The maximum Gasteiger partial charge on any atom is 0.329 e. The van der Waals surface area contributed by atoms with E-state index in [-0.39, 0.29) is 12.3 Å². The molecule has 1 aromatic heterocycles. The number of carboxylic acids is 1. The number of carboxylic acid groups (broad SMARTS) is 1. The van der Waals surface area contributed by atoms with Gasteiger partial charge in [-0.1, -0.05) is 13.0 Å². The van der Waals surface area contributed by atoms with Crippen LogP contribution >= 0.6 is 0 Å². The van der Waals surface area contributed by atoms with Gasteiger partial charge in [0.25, 0.3) is 0 Å². The van der Waals surface area contributed by atoms with Gasteiger partial charge in [-0.15, -0.1) is 0 Å². The Morgan fingerprint density at radius 2 is 2.17 bits per heavy atom. The molecule has 98 valence electrons. The normalized spacial score (nSPS) is 13.7. The van der Waals surface area contributed by atoms with Crippen LogP contribution in [0.25, 0.3) is 0 Å². The van der Waals surface area contributed by atoms with E-state index in [9.17, 15) is 9.59 Å². The van der Waals surface area contributed by atoms with Crippen LogP contribution in [0.1, 0.15) is 31.5 Å². The summed E-state index contributed by atoms with van der Waals surface area (Å²) in [6, 6.07) is 3.66. The molecule has 0 saturated heterocycles. The highest BCUT2D eigenvalue weighted by molar-refractivity contribution is 5.87. The second kappa shape index (κ2) is 5.62. The van der Waals surface area contributed by atoms with E-state index in [0.29, 0.717) is 12.1 Å². The standard InChI is InChI=1S/C13H18N2O3/c1-4-13(3,12(17)18)15-11(16)8-10-9(2)6-5-7-14-10/h5-7H,4,8H2,1-3H3,(H,15,16)(H,17,18). The summed E-state index contributed by atoms with van der Waals surface area (Å²) in [5, 5.41) is 11.6. The maximum atomic E-state index is 11.8. The van der Waals surface area contributed by atoms with Crippen molar-refractivity contribution in [2.75, 3.05) is 0 Å². The van der Waals surface area contributed by atoms with Gasteiger partial charge in [-0.2, -0.15) is 0 Å². The smallest absolute Gasteiger partial charge is 0.329 e. The third-order valence-electron chi connectivity index (χ3n) is 3.04. The van der Waals surface area contributed by atoms with Gasteiger partial charge >= 0.3 is 5.97 Å². The van der Waals surface area contributed by atoms with E-state index < -0.39 is 11.5 Å². The highest BCUT2D eigenvalue weighted by Crippen LogP contribution is 2.10. The minimum atomic E-state index is -1.22. The van der Waals surface area contributed by atoms with Crippen molar-refractivity contribution in [1.29, 1.82) is 0 Å². The van der Waals surface area contributed by atoms with Crippen LogP contribution in [0.15, 0.2) is 18.3 Å². The second-order valence-electron chi connectivity index (χ2n) is 4.48. The molecule has 1 rings (SSSR count). The summed E-state index contributed by atoms with van der Waals surface area (Å²) in [4.78, 5) is 27.0. The van der Waals surface area contributed by atoms with Crippen molar-refractivity contribution < 1.29 is 14.7 Å². The van der Waals surface area contributed by atoms with Crippen molar-refractivity contribution >= 4 is 11.9 Å². The quantitative estimate of drug-likeness (QED) is 0.825. The lowest BCUT2D eigenvalue weighted by Crippen LogP contribution is -2.52. The molecule has 1 heterocycles. The first-order chi connectivity index (χ1) is 8.39. The average molecular weight is 250 g/mol. The van der Waals surface area contributed by atoms with Gasteiger partial charge < -0.3 is 10.4 Å². The Labute approximate surface area is 106 Å². The predicted molar refractivity (Wildman–Crippen MR) is 67.2 cm³/mol. The molecule has 0 bridgehead atoms. The van der Waals surface area contributed by atoms with Crippen molar-refractivity contribution in [3.8, 4) is 0 Å². The molecule has 1 amide bonds. The highest BCUT2D eigenvalue weighted by atomic mass is 16.4.